The zero-order chi connectivity index (χ0) is 7.33. The van der Waals surface area contributed by atoms with E-state index in [0.717, 1.165) is 0 Å². The molecule has 0 aliphatic heterocycles. The van der Waals surface area contributed by atoms with E-state index in [1.165, 1.54) is 0 Å². The summed E-state index contributed by atoms with van der Waals surface area (Å²) in [5.41, 5.74) is 0. The van der Waals surface area contributed by atoms with Crippen LogP contribution < -0.4 is 0 Å². The van der Waals surface area contributed by atoms with Gasteiger partial charge in [-0.15, -0.1) is 0 Å². The van der Waals surface area contributed by atoms with Gasteiger partial charge < -0.3 is 0 Å². The minimum absolute atomic E-state index is 0.208. The van der Waals surface area contributed by atoms with Gasteiger partial charge in [-0.3, -0.25) is 0 Å². The van der Waals surface area contributed by atoms with E-state index in [4.69, 9.17) is 0 Å². The fourth-order valence-electron chi connectivity index (χ4n) is 0.136. The van der Waals surface area contributed by atoms with Gasteiger partial charge in [0.2, 0.25) is 0 Å². The first-order valence-corrected chi connectivity index (χ1v) is 8.66. The summed E-state index contributed by atoms with van der Waals surface area (Å²) in [5, 5.41) is 0. The molecule has 0 N–H and O–H groups in total. The van der Waals surface area contributed by atoms with Crippen molar-refractivity contribution in [1.82, 2.24) is 0 Å². The number of hydrogen-bond acceptors (Lipinski definition) is 4. The maximum absolute atomic E-state index is 9.92. The van der Waals surface area contributed by atoms with Crippen LogP contribution in [-0.2, 0) is 35.2 Å². The molecule has 0 rings (SSSR count). The molecule has 0 bridgehead atoms. The Morgan fingerprint density at radius 1 is 0.667 bits per heavy atom. The van der Waals surface area contributed by atoms with Crippen LogP contribution in [0.2, 0.25) is 0 Å². The van der Waals surface area contributed by atoms with Gasteiger partial charge >= 0.3 is 53.9 Å². The fraction of sp³-hybridized carbons (Fsp3) is 0. The summed E-state index contributed by atoms with van der Waals surface area (Å²) in [7, 11) is 0. The Kier molecular flexibility index (Phi) is 3.17. The molecule has 0 aromatic heterocycles. The molecule has 9 heavy (non-hydrogen) atoms. The predicted molar refractivity (Wildman–Crippen MR) is 27.0 cm³/mol. The van der Waals surface area contributed by atoms with Gasteiger partial charge in [-0.2, -0.15) is 0 Å². The molecular weight excluding hydrogens is 296 g/mol. The predicted octanol–water partition coefficient (Wildman–Crippen LogP) is -1.10. The molecule has 0 aromatic rings. The third-order valence-electron chi connectivity index (χ3n) is 0.667. The van der Waals surface area contributed by atoms with Gasteiger partial charge in [-0.05, 0) is 0 Å². The van der Waals surface area contributed by atoms with E-state index in [0.29, 0.717) is 0 Å². The van der Waals surface area contributed by atoms with Crippen molar-refractivity contribution in [2.45, 2.75) is 0 Å². The Morgan fingerprint density at radius 3 is 0.889 bits per heavy atom. The molecule has 0 radical (unpaired) electrons. The Hall–Kier alpha value is -0.632. The van der Waals surface area contributed by atoms with Crippen LogP contribution in [-0.4, -0.2) is 18.7 Å². The van der Waals surface area contributed by atoms with Gasteiger partial charge in [0, 0.05) is 0 Å². The molecule has 50 valence electrons. The van der Waals surface area contributed by atoms with Gasteiger partial charge in [0.1, 0.15) is 0 Å². The van der Waals surface area contributed by atoms with E-state index in [9.17, 15) is 19.2 Å². The van der Waals surface area contributed by atoms with Crippen molar-refractivity contribution in [3.05, 3.63) is 0 Å². The van der Waals surface area contributed by atoms with Crippen molar-refractivity contribution in [2.75, 3.05) is 0 Å². The van der Waals surface area contributed by atoms with Gasteiger partial charge in [0.05, 0.1) is 0 Å². The quantitative estimate of drug-likeness (QED) is 0.618. The van der Waals surface area contributed by atoms with Crippen LogP contribution in [0.1, 0.15) is 0 Å². The summed E-state index contributed by atoms with van der Waals surface area (Å²) >= 11 is -4.09. The van der Waals surface area contributed by atoms with Crippen LogP contribution in [0.3, 0.4) is 0 Å². The third-order valence-corrected chi connectivity index (χ3v) is 5.46. The molecule has 0 atom stereocenters. The Morgan fingerprint density at radius 2 is 0.889 bits per heavy atom. The van der Waals surface area contributed by atoms with E-state index in [-0.39, 0.29) is 18.7 Å². The van der Waals surface area contributed by atoms with Gasteiger partial charge in [-0.1, -0.05) is 0 Å². The molecule has 0 aliphatic carbocycles. The summed E-state index contributed by atoms with van der Waals surface area (Å²) in [5.74, 6) is 0. The van der Waals surface area contributed by atoms with Gasteiger partial charge in [-0.25, -0.2) is 0 Å². The molecule has 0 amide bonds. The SMILES string of the molecule is O=[CH][W]([CH]=O)([CH]=O)[CH]=O. The number of hydrogen-bond donors (Lipinski definition) is 0. The molecular formula is C4H4O4W. The third kappa shape index (κ3) is 1.64. The summed E-state index contributed by atoms with van der Waals surface area (Å²) in [6.45, 7) is 0. The van der Waals surface area contributed by atoms with E-state index in [1.807, 2.05) is 0 Å². The van der Waals surface area contributed by atoms with Crippen molar-refractivity contribution in [3.63, 3.8) is 0 Å². The average Bonchev–Trinajstić information content (AvgIpc) is 1.95. The molecule has 0 heterocycles. The van der Waals surface area contributed by atoms with Crippen LogP contribution in [0.15, 0.2) is 0 Å². The molecule has 0 saturated heterocycles. The Labute approximate surface area is 54.4 Å². The van der Waals surface area contributed by atoms with Crippen LogP contribution in [0.5, 0.6) is 0 Å². The van der Waals surface area contributed by atoms with Crippen LogP contribution in [0.4, 0.5) is 0 Å². The normalized spacial score (nSPS) is 11.6. The zero-order valence-electron chi connectivity index (χ0n) is 4.35. The van der Waals surface area contributed by atoms with E-state index >= 15 is 0 Å². The molecule has 0 aliphatic rings. The van der Waals surface area contributed by atoms with Gasteiger partial charge in [0.25, 0.3) is 0 Å². The second-order valence-electron chi connectivity index (χ2n) is 1.20. The molecule has 0 unspecified atom stereocenters. The van der Waals surface area contributed by atoms with Gasteiger partial charge in [0.15, 0.2) is 0 Å². The second kappa shape index (κ2) is 3.40. The van der Waals surface area contributed by atoms with Crippen molar-refractivity contribution in [1.29, 1.82) is 0 Å². The fourth-order valence-corrected chi connectivity index (χ4v) is 1.11. The first-order chi connectivity index (χ1) is 4.24. The number of carbonyl (C=O) groups is 4. The Balaban J connectivity index is 4.53. The van der Waals surface area contributed by atoms with E-state index in [2.05, 4.69) is 0 Å². The topological polar surface area (TPSA) is 68.3 Å². The number of rotatable bonds is 4. The minimum atomic E-state index is -4.09. The van der Waals surface area contributed by atoms with Crippen LogP contribution >= 0.6 is 0 Å². The molecule has 0 fully saturated rings. The van der Waals surface area contributed by atoms with Crippen LogP contribution in [0, 0.1) is 0 Å². The van der Waals surface area contributed by atoms with Crippen molar-refractivity contribution in [2.24, 2.45) is 0 Å². The van der Waals surface area contributed by atoms with Crippen molar-refractivity contribution < 1.29 is 35.2 Å². The summed E-state index contributed by atoms with van der Waals surface area (Å²) in [4.78, 5) is 39.7. The summed E-state index contributed by atoms with van der Waals surface area (Å²) < 4.78 is 0.833. The maximum atomic E-state index is 9.92. The van der Waals surface area contributed by atoms with E-state index in [1.54, 1.807) is 0 Å². The molecule has 0 aromatic carbocycles. The summed E-state index contributed by atoms with van der Waals surface area (Å²) in [6, 6.07) is 0. The zero-order valence-corrected chi connectivity index (χ0v) is 7.28. The van der Waals surface area contributed by atoms with E-state index < -0.39 is 16.1 Å². The molecule has 4 nitrogen and oxygen atoms in total. The second-order valence-corrected chi connectivity index (χ2v) is 9.83. The summed E-state index contributed by atoms with van der Waals surface area (Å²) in [6.07, 6.45) is 0. The average molecular weight is 300 g/mol. The van der Waals surface area contributed by atoms with Crippen LogP contribution in [0.25, 0.3) is 0 Å². The first-order valence-electron chi connectivity index (χ1n) is 1.89. The Bertz CT molecular complexity index is 115. The number of carbonyl (C=O) groups excluding carboxylic acids is 4. The van der Waals surface area contributed by atoms with Crippen molar-refractivity contribution >= 4 is 18.7 Å². The standard InChI is InChI=1S/4CHO.W/c4*1-2;/h4*1H;. The van der Waals surface area contributed by atoms with Crippen molar-refractivity contribution in [3.8, 4) is 0 Å². The molecule has 0 spiro atoms. The molecule has 0 saturated carbocycles. The molecule has 5 heteroatoms. The first kappa shape index (κ1) is 8.37. The monoisotopic (exact) mass is 300 g/mol.